The number of ether oxygens (including phenoxy) is 2. The number of rotatable bonds is 5. The number of carboxylic acid groups (broad SMARTS) is 1. The van der Waals surface area contributed by atoms with Gasteiger partial charge in [-0.1, -0.05) is 11.6 Å². The van der Waals surface area contributed by atoms with Crippen molar-refractivity contribution in [1.29, 1.82) is 0 Å². The van der Waals surface area contributed by atoms with Gasteiger partial charge in [0.15, 0.2) is 0 Å². The van der Waals surface area contributed by atoms with Crippen LogP contribution < -0.4 is 9.47 Å². The first-order chi connectivity index (χ1) is 9.60. The molecule has 0 saturated heterocycles. The van der Waals surface area contributed by atoms with Gasteiger partial charge < -0.3 is 14.6 Å². The van der Waals surface area contributed by atoms with Crippen molar-refractivity contribution < 1.29 is 19.4 Å². The van der Waals surface area contributed by atoms with Crippen molar-refractivity contribution in [2.75, 3.05) is 6.61 Å². The maximum Gasteiger partial charge on any atom is 0.337 e. The summed E-state index contributed by atoms with van der Waals surface area (Å²) in [5, 5.41) is 9.03. The van der Waals surface area contributed by atoms with Gasteiger partial charge in [-0.15, -0.1) is 0 Å². The molecule has 2 aromatic rings. The van der Waals surface area contributed by atoms with E-state index in [0.717, 1.165) is 5.75 Å². The Labute approximate surface area is 120 Å². The molecule has 20 heavy (non-hydrogen) atoms. The largest absolute Gasteiger partial charge is 0.494 e. The summed E-state index contributed by atoms with van der Waals surface area (Å²) in [6.07, 6.45) is 1.24. The van der Waals surface area contributed by atoms with Crippen molar-refractivity contribution in [1.82, 2.24) is 4.98 Å². The van der Waals surface area contributed by atoms with Crippen molar-refractivity contribution in [3.05, 3.63) is 47.1 Å². The fourth-order valence-electron chi connectivity index (χ4n) is 1.53. The Morgan fingerprint density at radius 3 is 2.55 bits per heavy atom. The number of hydrogen-bond acceptors (Lipinski definition) is 4. The molecule has 0 aliphatic carbocycles. The molecule has 0 spiro atoms. The number of aromatic nitrogens is 1. The molecule has 1 N–H and O–H groups in total. The van der Waals surface area contributed by atoms with E-state index in [9.17, 15) is 4.79 Å². The summed E-state index contributed by atoms with van der Waals surface area (Å²) in [5.74, 6) is 0.291. The van der Waals surface area contributed by atoms with E-state index in [1.54, 1.807) is 24.3 Å². The highest BCUT2D eigenvalue weighted by atomic mass is 35.5. The monoisotopic (exact) mass is 293 g/mol. The third-order valence-corrected chi connectivity index (χ3v) is 2.72. The van der Waals surface area contributed by atoms with Crippen molar-refractivity contribution >= 4 is 17.6 Å². The molecule has 1 aromatic carbocycles. The van der Waals surface area contributed by atoms with E-state index in [2.05, 4.69) is 4.98 Å². The van der Waals surface area contributed by atoms with E-state index in [4.69, 9.17) is 26.2 Å². The van der Waals surface area contributed by atoms with E-state index < -0.39 is 5.97 Å². The highest BCUT2D eigenvalue weighted by Crippen LogP contribution is 2.25. The standard InChI is InChI=1S/C14H12ClNO4/c1-2-19-9-3-5-10(6-4-9)20-13-7-11(14(17)18)12(15)8-16-13/h3-8H,2H2,1H3,(H,17,18). The average molecular weight is 294 g/mol. The summed E-state index contributed by atoms with van der Waals surface area (Å²) in [7, 11) is 0. The van der Waals surface area contributed by atoms with Crippen LogP contribution in [0, 0.1) is 0 Å². The highest BCUT2D eigenvalue weighted by Gasteiger charge is 2.11. The Morgan fingerprint density at radius 2 is 1.95 bits per heavy atom. The second kappa shape index (κ2) is 6.25. The Balaban J connectivity index is 2.17. The number of benzene rings is 1. The van der Waals surface area contributed by atoms with E-state index in [0.29, 0.717) is 12.4 Å². The molecule has 1 aromatic heterocycles. The van der Waals surface area contributed by atoms with Crippen LogP contribution in [0.2, 0.25) is 5.02 Å². The van der Waals surface area contributed by atoms with Gasteiger partial charge >= 0.3 is 5.97 Å². The van der Waals surface area contributed by atoms with Gasteiger partial charge in [0.25, 0.3) is 0 Å². The number of carboxylic acids is 1. The van der Waals surface area contributed by atoms with Gasteiger partial charge in [-0.05, 0) is 31.2 Å². The molecule has 2 rings (SSSR count). The number of carbonyl (C=O) groups is 1. The molecular weight excluding hydrogens is 282 g/mol. The minimum absolute atomic E-state index is 0.0531. The molecule has 0 aliphatic heterocycles. The fraction of sp³-hybridized carbons (Fsp3) is 0.143. The van der Waals surface area contributed by atoms with Gasteiger partial charge in [-0.25, -0.2) is 9.78 Å². The van der Waals surface area contributed by atoms with Crippen LogP contribution >= 0.6 is 11.6 Å². The number of halogens is 1. The van der Waals surface area contributed by atoms with Crippen LogP contribution in [-0.2, 0) is 0 Å². The maximum atomic E-state index is 11.0. The average Bonchev–Trinajstić information content (AvgIpc) is 2.43. The quantitative estimate of drug-likeness (QED) is 0.911. The number of aromatic carboxylic acids is 1. The van der Waals surface area contributed by atoms with E-state index in [1.165, 1.54) is 12.3 Å². The molecule has 5 nitrogen and oxygen atoms in total. The van der Waals surface area contributed by atoms with Crippen LogP contribution in [0.4, 0.5) is 0 Å². The van der Waals surface area contributed by atoms with Crippen LogP contribution in [-0.4, -0.2) is 22.7 Å². The number of pyridine rings is 1. The van der Waals surface area contributed by atoms with E-state index in [1.807, 2.05) is 6.92 Å². The van der Waals surface area contributed by atoms with Crippen molar-refractivity contribution in [3.8, 4) is 17.4 Å². The Morgan fingerprint density at radius 1 is 1.30 bits per heavy atom. The van der Waals surface area contributed by atoms with Gasteiger partial charge in [-0.2, -0.15) is 0 Å². The number of hydrogen-bond donors (Lipinski definition) is 1. The van der Waals surface area contributed by atoms with E-state index in [-0.39, 0.29) is 16.5 Å². The maximum absolute atomic E-state index is 11.0. The van der Waals surface area contributed by atoms with E-state index >= 15 is 0 Å². The number of nitrogens with zero attached hydrogens (tertiary/aromatic N) is 1. The minimum atomic E-state index is -1.13. The molecular formula is C14H12ClNO4. The first kappa shape index (κ1) is 14.1. The zero-order valence-electron chi connectivity index (χ0n) is 10.7. The van der Waals surface area contributed by atoms with Crippen LogP contribution in [0.5, 0.6) is 17.4 Å². The topological polar surface area (TPSA) is 68.7 Å². The zero-order valence-corrected chi connectivity index (χ0v) is 11.4. The summed E-state index contributed by atoms with van der Waals surface area (Å²) in [6.45, 7) is 2.48. The lowest BCUT2D eigenvalue weighted by atomic mass is 10.2. The molecule has 0 aliphatic rings. The first-order valence-electron chi connectivity index (χ1n) is 5.89. The van der Waals surface area contributed by atoms with Gasteiger partial charge in [0.05, 0.1) is 23.4 Å². The predicted molar refractivity (Wildman–Crippen MR) is 73.9 cm³/mol. The van der Waals surface area contributed by atoms with Gasteiger partial charge in [0, 0.05) is 6.07 Å². The molecule has 0 radical (unpaired) electrons. The van der Waals surface area contributed by atoms with Crippen molar-refractivity contribution in [3.63, 3.8) is 0 Å². The van der Waals surface area contributed by atoms with Crippen LogP contribution in [0.25, 0.3) is 0 Å². The summed E-state index contributed by atoms with van der Waals surface area (Å²) in [5.41, 5.74) is -0.0531. The Hall–Kier alpha value is -2.27. The first-order valence-corrected chi connectivity index (χ1v) is 6.27. The van der Waals surface area contributed by atoms with Crippen LogP contribution in [0.15, 0.2) is 36.5 Å². The summed E-state index contributed by atoms with van der Waals surface area (Å²) in [6, 6.07) is 8.21. The second-order valence-corrected chi connectivity index (χ2v) is 4.22. The normalized spacial score (nSPS) is 10.1. The molecule has 0 bridgehead atoms. The van der Waals surface area contributed by atoms with Gasteiger partial charge in [0.2, 0.25) is 5.88 Å². The fourth-order valence-corrected chi connectivity index (χ4v) is 1.71. The lowest BCUT2D eigenvalue weighted by Crippen LogP contribution is -1.99. The highest BCUT2D eigenvalue weighted by molar-refractivity contribution is 6.33. The smallest absolute Gasteiger partial charge is 0.337 e. The Bertz CT molecular complexity index is 613. The summed E-state index contributed by atoms with van der Waals surface area (Å²) < 4.78 is 10.8. The predicted octanol–water partition coefficient (Wildman–Crippen LogP) is 3.62. The molecule has 0 fully saturated rings. The minimum Gasteiger partial charge on any atom is -0.494 e. The SMILES string of the molecule is CCOc1ccc(Oc2cc(C(=O)O)c(Cl)cn2)cc1. The zero-order chi connectivity index (χ0) is 14.5. The molecule has 0 unspecified atom stereocenters. The van der Waals surface area contributed by atoms with Crippen molar-refractivity contribution in [2.45, 2.75) is 6.92 Å². The Kier molecular flexibility index (Phi) is 4.42. The van der Waals surface area contributed by atoms with Crippen molar-refractivity contribution in [2.24, 2.45) is 0 Å². The second-order valence-electron chi connectivity index (χ2n) is 3.81. The lowest BCUT2D eigenvalue weighted by molar-refractivity contribution is 0.0696. The summed E-state index contributed by atoms with van der Waals surface area (Å²) >= 11 is 5.73. The molecule has 6 heteroatoms. The third kappa shape index (κ3) is 3.39. The molecule has 0 saturated carbocycles. The third-order valence-electron chi connectivity index (χ3n) is 2.42. The molecule has 0 atom stereocenters. The van der Waals surface area contributed by atoms with Gasteiger partial charge in [-0.3, -0.25) is 0 Å². The molecule has 0 amide bonds. The molecule has 1 heterocycles. The van der Waals surface area contributed by atoms with Crippen LogP contribution in [0.1, 0.15) is 17.3 Å². The molecule has 104 valence electrons. The van der Waals surface area contributed by atoms with Crippen LogP contribution in [0.3, 0.4) is 0 Å². The lowest BCUT2D eigenvalue weighted by Gasteiger charge is -2.07. The summed E-state index contributed by atoms with van der Waals surface area (Å²) in [4.78, 5) is 14.9. The van der Waals surface area contributed by atoms with Gasteiger partial charge in [0.1, 0.15) is 11.5 Å².